The van der Waals surface area contributed by atoms with Crippen LogP contribution >= 0.6 is 0 Å². The molecule has 0 spiro atoms. The van der Waals surface area contributed by atoms with Gasteiger partial charge >= 0.3 is 0 Å². The van der Waals surface area contributed by atoms with E-state index in [4.69, 9.17) is 9.47 Å². The van der Waals surface area contributed by atoms with Crippen LogP contribution in [0.4, 0.5) is 0 Å². The van der Waals surface area contributed by atoms with E-state index in [0.29, 0.717) is 18.1 Å². The monoisotopic (exact) mass is 329 g/mol. The first-order valence-electron chi connectivity index (χ1n) is 9.83. The zero-order chi connectivity index (χ0) is 16.6. The molecule has 0 unspecified atom stereocenters. The van der Waals surface area contributed by atoms with Crippen LogP contribution in [0, 0.1) is 5.92 Å². The molecule has 1 aromatic rings. The van der Waals surface area contributed by atoms with Crippen molar-refractivity contribution in [2.24, 2.45) is 5.92 Å². The number of fused-ring (bicyclic) bond motifs is 1. The highest BCUT2D eigenvalue weighted by Gasteiger charge is 2.48. The highest BCUT2D eigenvalue weighted by Crippen LogP contribution is 2.49. The van der Waals surface area contributed by atoms with E-state index in [1.165, 1.54) is 57.1 Å². The van der Waals surface area contributed by atoms with Crippen LogP contribution in [0.25, 0.3) is 0 Å². The molecule has 2 aliphatic carbocycles. The molecule has 24 heavy (non-hydrogen) atoms. The predicted octanol–water partition coefficient (Wildman–Crippen LogP) is 4.39. The van der Waals surface area contributed by atoms with Crippen molar-refractivity contribution in [1.82, 2.24) is 4.90 Å². The Morgan fingerprint density at radius 1 is 1.08 bits per heavy atom. The second-order valence-corrected chi connectivity index (χ2v) is 8.00. The van der Waals surface area contributed by atoms with Gasteiger partial charge in [0.25, 0.3) is 0 Å². The molecule has 1 aromatic carbocycles. The number of likely N-dealkylation sites (N-methyl/N-ethyl adjacent to an activating group) is 1. The van der Waals surface area contributed by atoms with Crippen LogP contribution in [-0.4, -0.2) is 37.7 Å². The molecule has 0 radical (unpaired) electrons. The lowest BCUT2D eigenvalue weighted by atomic mass is 9.66. The van der Waals surface area contributed by atoms with Crippen molar-refractivity contribution in [3.05, 3.63) is 23.8 Å². The fraction of sp³-hybridized carbons (Fsp3) is 0.714. The first-order chi connectivity index (χ1) is 11.7. The van der Waals surface area contributed by atoms with Crippen molar-refractivity contribution >= 4 is 0 Å². The first kappa shape index (κ1) is 16.3. The number of benzene rings is 1. The molecule has 3 heteroatoms. The summed E-state index contributed by atoms with van der Waals surface area (Å²) in [6.07, 6.45) is 9.31. The lowest BCUT2D eigenvalue weighted by Gasteiger charge is -2.42. The van der Waals surface area contributed by atoms with Crippen molar-refractivity contribution in [1.29, 1.82) is 0 Å². The van der Waals surface area contributed by atoms with Gasteiger partial charge in [-0.05, 0) is 76.2 Å². The Hall–Kier alpha value is -1.22. The summed E-state index contributed by atoms with van der Waals surface area (Å²) in [5, 5.41) is 0. The van der Waals surface area contributed by atoms with Gasteiger partial charge in [0.15, 0.2) is 11.5 Å². The van der Waals surface area contributed by atoms with Crippen molar-refractivity contribution in [2.45, 2.75) is 63.3 Å². The molecule has 0 amide bonds. The molecule has 3 aliphatic rings. The van der Waals surface area contributed by atoms with E-state index in [0.717, 1.165) is 24.0 Å². The van der Waals surface area contributed by atoms with Gasteiger partial charge in [0.1, 0.15) is 0 Å². The van der Waals surface area contributed by atoms with Gasteiger partial charge in [-0.25, -0.2) is 0 Å². The number of hydrogen-bond donors (Lipinski definition) is 0. The Labute approximate surface area is 146 Å². The molecule has 0 bridgehead atoms. The van der Waals surface area contributed by atoms with Crippen molar-refractivity contribution in [2.75, 3.05) is 26.8 Å². The lowest BCUT2D eigenvalue weighted by molar-refractivity contribution is 0.181. The Balaban J connectivity index is 1.64. The van der Waals surface area contributed by atoms with Crippen LogP contribution < -0.4 is 9.47 Å². The second-order valence-electron chi connectivity index (χ2n) is 8.00. The fourth-order valence-electron chi connectivity index (χ4n) is 4.87. The minimum absolute atomic E-state index is 0.329. The highest BCUT2D eigenvalue weighted by atomic mass is 16.5. The molecular formula is C21H31NO2. The largest absolute Gasteiger partial charge is 0.490 e. The Morgan fingerprint density at radius 2 is 1.96 bits per heavy atom. The van der Waals surface area contributed by atoms with Gasteiger partial charge < -0.3 is 14.4 Å². The average molecular weight is 329 g/mol. The van der Waals surface area contributed by atoms with Crippen LogP contribution in [0.2, 0.25) is 0 Å². The third-order valence-electron chi connectivity index (χ3n) is 6.42. The maximum Gasteiger partial charge on any atom is 0.161 e. The molecule has 1 heterocycles. The van der Waals surface area contributed by atoms with Gasteiger partial charge in [0.05, 0.1) is 13.2 Å². The van der Waals surface area contributed by atoms with E-state index in [-0.39, 0.29) is 0 Å². The minimum atomic E-state index is 0.329. The van der Waals surface area contributed by atoms with E-state index in [9.17, 15) is 0 Å². The van der Waals surface area contributed by atoms with E-state index >= 15 is 0 Å². The summed E-state index contributed by atoms with van der Waals surface area (Å²) in [5.74, 6) is 2.65. The van der Waals surface area contributed by atoms with E-state index in [1.807, 2.05) is 6.92 Å². The summed E-state index contributed by atoms with van der Waals surface area (Å²) >= 11 is 0. The molecule has 4 rings (SSSR count). The van der Waals surface area contributed by atoms with Gasteiger partial charge in [0.2, 0.25) is 0 Å². The van der Waals surface area contributed by atoms with Crippen LogP contribution in [0.1, 0.15) is 57.4 Å². The maximum atomic E-state index is 6.18. The normalized spacial score (nSPS) is 30.2. The molecular weight excluding hydrogens is 298 g/mol. The smallest absolute Gasteiger partial charge is 0.161 e. The van der Waals surface area contributed by atoms with Gasteiger partial charge in [-0.15, -0.1) is 0 Å². The van der Waals surface area contributed by atoms with Crippen molar-refractivity contribution in [3.8, 4) is 11.5 Å². The van der Waals surface area contributed by atoms with Gasteiger partial charge in [-0.1, -0.05) is 18.9 Å². The third kappa shape index (κ3) is 2.92. The van der Waals surface area contributed by atoms with E-state index in [1.54, 1.807) is 0 Å². The Bertz CT molecular complexity index is 579. The summed E-state index contributed by atoms with van der Waals surface area (Å²) in [6, 6.07) is 7.47. The lowest BCUT2D eigenvalue weighted by Crippen LogP contribution is -2.43. The number of nitrogens with zero attached hydrogens (tertiary/aromatic N) is 1. The highest BCUT2D eigenvalue weighted by molar-refractivity contribution is 5.46. The molecule has 3 fully saturated rings. The molecule has 0 N–H and O–H groups in total. The number of ether oxygens (including phenoxy) is 2. The summed E-state index contributed by atoms with van der Waals surface area (Å²) in [5.41, 5.74) is 1.81. The standard InChI is InChI=1S/C21H31NO2/c1-3-23-18-10-9-17(14-19(18)24-15-16-7-8-16)21-11-5-4-6-20(21)22(2)13-12-21/h9-10,14,16,20H,3-8,11-13,15H2,1-2H3/t20-,21-/m0/s1. The van der Waals surface area contributed by atoms with Crippen LogP contribution in [-0.2, 0) is 5.41 Å². The maximum absolute atomic E-state index is 6.18. The molecule has 132 valence electrons. The summed E-state index contributed by atoms with van der Waals surface area (Å²) in [6.45, 7) is 4.80. The van der Waals surface area contributed by atoms with E-state index in [2.05, 4.69) is 30.1 Å². The van der Waals surface area contributed by atoms with Crippen LogP contribution in [0.5, 0.6) is 11.5 Å². The Morgan fingerprint density at radius 3 is 2.75 bits per heavy atom. The van der Waals surface area contributed by atoms with Gasteiger partial charge in [-0.2, -0.15) is 0 Å². The van der Waals surface area contributed by atoms with Crippen LogP contribution in [0.15, 0.2) is 18.2 Å². The fourth-order valence-corrected chi connectivity index (χ4v) is 4.87. The van der Waals surface area contributed by atoms with Crippen molar-refractivity contribution < 1.29 is 9.47 Å². The summed E-state index contributed by atoms with van der Waals surface area (Å²) in [4.78, 5) is 2.58. The van der Waals surface area contributed by atoms with Gasteiger partial charge in [-0.3, -0.25) is 0 Å². The zero-order valence-corrected chi connectivity index (χ0v) is 15.2. The van der Waals surface area contributed by atoms with Gasteiger partial charge in [0, 0.05) is 11.5 Å². The van der Waals surface area contributed by atoms with Crippen molar-refractivity contribution in [3.63, 3.8) is 0 Å². The summed E-state index contributed by atoms with van der Waals surface area (Å²) < 4.78 is 12.0. The second kappa shape index (κ2) is 6.59. The minimum Gasteiger partial charge on any atom is -0.490 e. The predicted molar refractivity (Wildman–Crippen MR) is 97.0 cm³/mol. The topological polar surface area (TPSA) is 21.7 Å². The molecule has 2 saturated carbocycles. The molecule has 2 atom stereocenters. The number of hydrogen-bond acceptors (Lipinski definition) is 3. The van der Waals surface area contributed by atoms with Crippen LogP contribution in [0.3, 0.4) is 0 Å². The SMILES string of the molecule is CCOc1ccc([C@@]23CCCC[C@@H]2N(C)CC3)cc1OCC1CC1. The first-order valence-corrected chi connectivity index (χ1v) is 9.83. The molecule has 1 saturated heterocycles. The number of likely N-dealkylation sites (tertiary alicyclic amines) is 1. The third-order valence-corrected chi connectivity index (χ3v) is 6.42. The molecule has 0 aromatic heterocycles. The zero-order valence-electron chi connectivity index (χ0n) is 15.2. The molecule has 3 nitrogen and oxygen atoms in total. The average Bonchev–Trinajstić information content (AvgIpc) is 3.38. The Kier molecular flexibility index (Phi) is 4.46. The summed E-state index contributed by atoms with van der Waals surface area (Å²) in [7, 11) is 2.30. The van der Waals surface area contributed by atoms with E-state index < -0.39 is 0 Å². The molecule has 1 aliphatic heterocycles. The quantitative estimate of drug-likeness (QED) is 0.772. The number of rotatable bonds is 6.